The van der Waals surface area contributed by atoms with E-state index in [9.17, 15) is 64.5 Å². The molecule has 6 N–H and O–H groups in total. The standard InChI is InChI=1S/C70H115N11O20S2/c1-48-40-52(41-49(2)61(48)103(94,95)76-53(64(89)100-69(12,13)14)42-73-56(83)24-19-18-23-51-27-26-50-22-20-30-81(62(50)74-51)65(90)101-70(15,16)17)96-39-21-25-55(82)71-28-29-72-63(88)54(47-102(91,92)93)75-57(84)43-77-31-33-78(44-58(85)97-66(3,4)5)35-37-80(46-60(87)99-68(9,10)11)38-36-79(34-32-77)45-59(86)98-67(6,7)8/h26-27,40-41,53-54,76H,18-25,28-39,42-47H2,1-17H3,(H,71,82)(H,72,88)(H,73,83)(H,75,84)(H,91,92,93). The Morgan fingerprint density at radius 1 is 0.544 bits per heavy atom. The van der Waals surface area contributed by atoms with Gasteiger partial charge in [-0.25, -0.2) is 18.2 Å². The highest BCUT2D eigenvalue weighted by Gasteiger charge is 2.35. The van der Waals surface area contributed by atoms with Crippen LogP contribution in [0.15, 0.2) is 29.2 Å². The Hall–Kier alpha value is -7.14. The average molecular weight is 1490 g/mol. The van der Waals surface area contributed by atoms with E-state index in [0.717, 1.165) is 24.1 Å². The Kier molecular flexibility index (Phi) is 33.7. The van der Waals surface area contributed by atoms with E-state index >= 15 is 0 Å². The third-order valence-electron chi connectivity index (χ3n) is 15.2. The van der Waals surface area contributed by atoms with Crippen molar-refractivity contribution in [3.8, 4) is 5.75 Å². The van der Waals surface area contributed by atoms with Crippen molar-refractivity contribution < 1.29 is 93.0 Å². The number of fused-ring (bicyclic) bond motifs is 1. The maximum Gasteiger partial charge on any atom is 0.416 e. The number of sulfonamides is 1. The number of nitrogens with zero attached hydrogens (tertiary/aromatic N) is 6. The molecule has 4 rings (SSSR count). The minimum absolute atomic E-state index is 0.0204. The molecule has 5 amide bonds. The molecule has 2 unspecified atom stereocenters. The number of unbranched alkanes of at least 4 members (excludes halogenated alkanes) is 1. The van der Waals surface area contributed by atoms with Gasteiger partial charge in [0, 0.05) is 97.1 Å². The molecule has 31 nitrogen and oxygen atoms in total. The summed E-state index contributed by atoms with van der Waals surface area (Å²) >= 11 is 0. The van der Waals surface area contributed by atoms with E-state index in [1.54, 1.807) is 128 Å². The van der Waals surface area contributed by atoms with Crippen molar-refractivity contribution in [1.82, 2.24) is 50.6 Å². The van der Waals surface area contributed by atoms with Gasteiger partial charge in [-0.05, 0) is 191 Å². The van der Waals surface area contributed by atoms with Crippen molar-refractivity contribution in [3.05, 3.63) is 46.6 Å². The molecule has 2 aliphatic rings. The molecule has 3 heterocycles. The molecule has 1 aromatic carbocycles. The van der Waals surface area contributed by atoms with Crippen LogP contribution in [0.5, 0.6) is 5.75 Å². The van der Waals surface area contributed by atoms with Gasteiger partial charge in [0.1, 0.15) is 57.4 Å². The molecule has 582 valence electrons. The highest BCUT2D eigenvalue weighted by molar-refractivity contribution is 7.89. The predicted octanol–water partition coefficient (Wildman–Crippen LogP) is 3.91. The first-order valence-electron chi connectivity index (χ1n) is 35.1. The second-order valence-corrected chi connectivity index (χ2v) is 34.1. The molecule has 0 bridgehead atoms. The monoisotopic (exact) mass is 1490 g/mol. The number of rotatable bonds is 31. The molecule has 0 saturated carbocycles. The summed E-state index contributed by atoms with van der Waals surface area (Å²) in [7, 11) is -9.29. The predicted molar refractivity (Wildman–Crippen MR) is 385 cm³/mol. The summed E-state index contributed by atoms with van der Waals surface area (Å²) in [5.74, 6) is -5.35. The Bertz CT molecular complexity index is 3400. The zero-order valence-electron chi connectivity index (χ0n) is 63.6. The molecular weight excluding hydrogens is 1380 g/mol. The number of anilines is 1. The van der Waals surface area contributed by atoms with Crippen molar-refractivity contribution in [3.63, 3.8) is 0 Å². The number of carbonyl (C=O) groups is 9. The number of amides is 5. The van der Waals surface area contributed by atoms with E-state index in [-0.39, 0.29) is 120 Å². The van der Waals surface area contributed by atoms with E-state index < -0.39 is 133 Å². The van der Waals surface area contributed by atoms with Crippen LogP contribution >= 0.6 is 0 Å². The summed E-state index contributed by atoms with van der Waals surface area (Å²) in [5.41, 5.74) is -1.76. The summed E-state index contributed by atoms with van der Waals surface area (Å²) in [4.78, 5) is 133. The van der Waals surface area contributed by atoms with Crippen molar-refractivity contribution in [2.24, 2.45) is 0 Å². The number of nitrogens with one attached hydrogen (secondary N) is 5. The number of aryl methyl sites for hydroxylation is 4. The quantitative estimate of drug-likeness (QED) is 0.0270. The lowest BCUT2D eigenvalue weighted by molar-refractivity contribution is -0.158. The summed E-state index contributed by atoms with van der Waals surface area (Å²) < 4.78 is 98.9. The number of ether oxygens (including phenoxy) is 6. The fraction of sp³-hybridized carbons (Fsp3) is 0.714. The molecule has 1 fully saturated rings. The first-order chi connectivity index (χ1) is 47.5. The van der Waals surface area contributed by atoms with Crippen LogP contribution in [0.2, 0.25) is 0 Å². The number of pyridine rings is 1. The van der Waals surface area contributed by atoms with E-state index in [0.29, 0.717) is 44.7 Å². The first-order valence-corrected chi connectivity index (χ1v) is 38.2. The van der Waals surface area contributed by atoms with Crippen LogP contribution in [-0.4, -0.2) is 257 Å². The SMILES string of the molecule is Cc1cc(OCCCC(=O)NCCNC(=O)C(CS(=O)(=O)O)NC(=O)CN2CCN(CC(=O)OC(C)(C)C)CCN(CC(=O)OC(C)(C)C)CCN(CC(=O)OC(C)(C)C)CC2)cc(C)c1S(=O)(=O)NC(CNC(=O)CCCCc1ccc2c(n1)N(C(=O)OC(C)(C)C)CCC2)C(=O)OC(C)(C)C. The summed E-state index contributed by atoms with van der Waals surface area (Å²) in [6.07, 6.45) is 2.87. The molecule has 33 heteroatoms. The zero-order chi connectivity index (χ0) is 77.5. The summed E-state index contributed by atoms with van der Waals surface area (Å²) in [6, 6.07) is 3.56. The number of benzene rings is 1. The molecule has 0 aliphatic carbocycles. The van der Waals surface area contributed by atoms with Crippen LogP contribution in [-0.2, 0) is 95.0 Å². The number of aromatic nitrogens is 1. The van der Waals surface area contributed by atoms with Gasteiger partial charge in [-0.3, -0.25) is 67.4 Å². The number of carbonyl (C=O) groups excluding carboxylic acids is 9. The normalized spacial score (nSPS) is 15.9. The molecule has 0 radical (unpaired) electrons. The summed E-state index contributed by atoms with van der Waals surface area (Å²) in [6.45, 7) is 29.9. The van der Waals surface area contributed by atoms with Crippen molar-refractivity contribution in [2.45, 2.75) is 214 Å². The molecular formula is C70H115N11O20S2. The second-order valence-electron chi connectivity index (χ2n) is 31.0. The largest absolute Gasteiger partial charge is 0.494 e. The van der Waals surface area contributed by atoms with Gasteiger partial charge in [0.05, 0.1) is 37.7 Å². The fourth-order valence-corrected chi connectivity index (χ4v) is 13.3. The Labute approximate surface area is 608 Å². The lowest BCUT2D eigenvalue weighted by Gasteiger charge is -2.34. The zero-order valence-corrected chi connectivity index (χ0v) is 65.2. The summed E-state index contributed by atoms with van der Waals surface area (Å²) in [5, 5.41) is 10.2. The van der Waals surface area contributed by atoms with Gasteiger partial charge in [-0.15, -0.1) is 0 Å². The lowest BCUT2D eigenvalue weighted by Crippen LogP contribution is -2.54. The Morgan fingerprint density at radius 3 is 1.48 bits per heavy atom. The fourth-order valence-electron chi connectivity index (χ4n) is 11.0. The van der Waals surface area contributed by atoms with Crippen LogP contribution in [0, 0.1) is 13.8 Å². The van der Waals surface area contributed by atoms with Gasteiger partial charge in [0.2, 0.25) is 33.7 Å². The van der Waals surface area contributed by atoms with Crippen molar-refractivity contribution >= 4 is 79.6 Å². The van der Waals surface area contributed by atoms with Crippen molar-refractivity contribution in [1.29, 1.82) is 0 Å². The first kappa shape index (κ1) is 88.3. The highest BCUT2D eigenvalue weighted by Crippen LogP contribution is 2.29. The highest BCUT2D eigenvalue weighted by atomic mass is 32.2. The average Bonchev–Trinajstić information content (AvgIpc) is 0.791. The van der Waals surface area contributed by atoms with Gasteiger partial charge in [-0.2, -0.15) is 13.1 Å². The molecule has 2 atom stereocenters. The van der Waals surface area contributed by atoms with E-state index in [1.807, 2.05) is 26.8 Å². The van der Waals surface area contributed by atoms with Crippen LogP contribution in [0.25, 0.3) is 0 Å². The molecule has 0 spiro atoms. The molecule has 2 aliphatic heterocycles. The lowest BCUT2D eigenvalue weighted by atomic mass is 10.0. The maximum atomic E-state index is 14.1. The van der Waals surface area contributed by atoms with Crippen molar-refractivity contribution in [2.75, 3.05) is 122 Å². The maximum absolute atomic E-state index is 14.1. The van der Waals surface area contributed by atoms with Gasteiger partial charge in [0.15, 0.2) is 0 Å². The van der Waals surface area contributed by atoms with Gasteiger partial charge >= 0.3 is 30.0 Å². The smallest absolute Gasteiger partial charge is 0.416 e. The Balaban J connectivity index is 1.32. The van der Waals surface area contributed by atoms with Crippen LogP contribution in [0.3, 0.4) is 0 Å². The third-order valence-corrected chi connectivity index (χ3v) is 17.7. The van der Waals surface area contributed by atoms with Crippen LogP contribution in [0.4, 0.5) is 10.6 Å². The number of esters is 4. The molecule has 1 aromatic heterocycles. The molecule has 1 saturated heterocycles. The topological polar surface area (TPSA) is 387 Å². The minimum atomic E-state index is -4.85. The van der Waals surface area contributed by atoms with Gasteiger partial charge in [0.25, 0.3) is 10.1 Å². The van der Waals surface area contributed by atoms with Gasteiger partial charge < -0.3 is 49.7 Å². The number of hydrogen-bond donors (Lipinski definition) is 6. The van der Waals surface area contributed by atoms with Gasteiger partial charge in [-0.1, -0.05) is 6.07 Å². The van der Waals surface area contributed by atoms with Crippen LogP contribution < -0.4 is 35.6 Å². The van der Waals surface area contributed by atoms with E-state index in [2.05, 4.69) is 26.0 Å². The Morgan fingerprint density at radius 2 is 1.00 bits per heavy atom. The van der Waals surface area contributed by atoms with Crippen LogP contribution in [0.1, 0.15) is 165 Å². The second kappa shape index (κ2) is 39.3. The number of hydrogen-bond acceptors (Lipinski definition) is 24. The van der Waals surface area contributed by atoms with E-state index in [4.69, 9.17) is 33.4 Å². The molecule has 103 heavy (non-hydrogen) atoms. The van der Waals surface area contributed by atoms with E-state index in [1.165, 1.54) is 12.1 Å². The third kappa shape index (κ3) is 35.9. The molecule has 2 aromatic rings. The minimum Gasteiger partial charge on any atom is -0.494 e.